The first-order valence-electron chi connectivity index (χ1n) is 13.9. The SMILES string of the molecule is CCC[C@@H](NC(=O)N1C(=O)CCN=C(NOc2cc(F)cc(F)c2)C1Cc1cc(Cl)ccc1C#N)c1ccc(C(=O)O)c(N)c1. The Morgan fingerprint density at radius 2 is 1.93 bits per heavy atom. The summed E-state index contributed by atoms with van der Waals surface area (Å²) in [5.74, 6) is -3.82. The van der Waals surface area contributed by atoms with Crippen LogP contribution in [0.25, 0.3) is 0 Å². The number of carbonyl (C=O) groups is 3. The predicted molar refractivity (Wildman–Crippen MR) is 162 cm³/mol. The van der Waals surface area contributed by atoms with Gasteiger partial charge in [-0.2, -0.15) is 5.26 Å². The quantitative estimate of drug-likeness (QED) is 0.184. The number of carboxylic acids is 1. The lowest BCUT2D eigenvalue weighted by atomic mass is 9.98. The van der Waals surface area contributed by atoms with Crippen LogP contribution in [0.1, 0.15) is 59.3 Å². The number of halogens is 3. The van der Waals surface area contributed by atoms with Crippen LogP contribution >= 0.6 is 11.6 Å². The summed E-state index contributed by atoms with van der Waals surface area (Å²) in [5.41, 5.74) is 9.58. The fourth-order valence-electron chi connectivity index (χ4n) is 4.91. The zero-order valence-electron chi connectivity index (χ0n) is 24.0. The molecule has 4 rings (SSSR count). The average molecular weight is 639 g/mol. The number of hydrogen-bond donors (Lipinski definition) is 4. The molecule has 0 fully saturated rings. The van der Waals surface area contributed by atoms with E-state index in [-0.39, 0.29) is 47.8 Å². The van der Waals surface area contributed by atoms with Gasteiger partial charge in [0.25, 0.3) is 0 Å². The molecule has 0 radical (unpaired) electrons. The number of carboxylic acid groups (broad SMARTS) is 1. The molecular weight excluding hydrogens is 610 g/mol. The second-order valence-corrected chi connectivity index (χ2v) is 10.6. The summed E-state index contributed by atoms with van der Waals surface area (Å²) in [6.45, 7) is 1.84. The van der Waals surface area contributed by atoms with E-state index in [1.807, 2.05) is 6.92 Å². The number of urea groups is 1. The van der Waals surface area contributed by atoms with Crippen LogP contribution in [-0.4, -0.2) is 46.3 Å². The number of carbonyl (C=O) groups excluding carboxylic acids is 2. The molecule has 14 heteroatoms. The summed E-state index contributed by atoms with van der Waals surface area (Å²) in [4.78, 5) is 49.7. The lowest BCUT2D eigenvalue weighted by molar-refractivity contribution is -0.128. The van der Waals surface area contributed by atoms with Gasteiger partial charge >= 0.3 is 12.0 Å². The van der Waals surface area contributed by atoms with Gasteiger partial charge in [-0.25, -0.2) is 23.9 Å². The fraction of sp³-hybridized carbons (Fsp3) is 0.258. The van der Waals surface area contributed by atoms with Crippen LogP contribution in [0.2, 0.25) is 5.02 Å². The van der Waals surface area contributed by atoms with Gasteiger partial charge in [-0.1, -0.05) is 31.0 Å². The number of imide groups is 1. The normalized spacial score (nSPS) is 15.4. The van der Waals surface area contributed by atoms with Crippen LogP contribution in [0.5, 0.6) is 5.75 Å². The molecule has 3 aromatic rings. The molecule has 45 heavy (non-hydrogen) atoms. The zero-order chi connectivity index (χ0) is 32.7. The van der Waals surface area contributed by atoms with Gasteiger partial charge in [0.05, 0.1) is 23.2 Å². The summed E-state index contributed by atoms with van der Waals surface area (Å²) in [6.07, 6.45) is 0.755. The standard InChI is InChI=1S/C31H29ClF2N6O5/c1-2-3-26(17-5-7-24(30(42)43)25(36)11-17)38-31(44)40-27(12-19-10-20(32)6-4-18(19)16-35)29(37-9-8-28(40)41)39-45-23-14-21(33)13-22(34)15-23/h4-7,10-11,13-15,26-27H,2-3,8-9,12,36H2,1H3,(H,37,39)(H,38,44)(H,42,43)/t26-,27?/m1/s1. The van der Waals surface area contributed by atoms with Crippen molar-refractivity contribution in [3.63, 3.8) is 0 Å². The molecule has 1 aliphatic heterocycles. The molecule has 0 saturated heterocycles. The number of anilines is 1. The van der Waals surface area contributed by atoms with Crippen molar-refractivity contribution in [1.29, 1.82) is 5.26 Å². The van der Waals surface area contributed by atoms with Crippen molar-refractivity contribution in [3.05, 3.63) is 93.5 Å². The van der Waals surface area contributed by atoms with E-state index in [1.165, 1.54) is 36.4 Å². The summed E-state index contributed by atoms with van der Waals surface area (Å²) in [6, 6.07) is 10.8. The first-order chi connectivity index (χ1) is 21.5. The third kappa shape index (κ3) is 8.04. The molecule has 0 aromatic heterocycles. The van der Waals surface area contributed by atoms with Crippen molar-refractivity contribution in [2.45, 2.75) is 44.7 Å². The third-order valence-electron chi connectivity index (χ3n) is 7.02. The number of nitriles is 1. The van der Waals surface area contributed by atoms with Gasteiger partial charge in [0.15, 0.2) is 11.6 Å². The van der Waals surface area contributed by atoms with Crippen LogP contribution in [0, 0.1) is 23.0 Å². The van der Waals surface area contributed by atoms with Crippen molar-refractivity contribution in [2.75, 3.05) is 12.3 Å². The molecule has 0 saturated carbocycles. The first kappa shape index (κ1) is 32.7. The maximum atomic E-state index is 14.0. The summed E-state index contributed by atoms with van der Waals surface area (Å²) < 4.78 is 27.6. The number of nitrogens with one attached hydrogen (secondary N) is 2. The number of benzene rings is 3. The number of hydroxylamine groups is 1. The van der Waals surface area contributed by atoms with E-state index in [0.717, 1.165) is 17.0 Å². The van der Waals surface area contributed by atoms with Crippen molar-refractivity contribution < 1.29 is 33.1 Å². The zero-order valence-corrected chi connectivity index (χ0v) is 24.8. The number of hydrogen-bond acceptors (Lipinski definition) is 8. The van der Waals surface area contributed by atoms with Gasteiger partial charge in [-0.05, 0) is 47.9 Å². The molecule has 1 aliphatic rings. The van der Waals surface area contributed by atoms with Gasteiger partial charge in [0.2, 0.25) is 5.91 Å². The van der Waals surface area contributed by atoms with Crippen LogP contribution in [0.15, 0.2) is 59.6 Å². The summed E-state index contributed by atoms with van der Waals surface area (Å²) in [7, 11) is 0. The average Bonchev–Trinajstić information content (AvgIpc) is 3.13. The van der Waals surface area contributed by atoms with Crippen molar-refractivity contribution in [1.82, 2.24) is 15.7 Å². The topological polar surface area (TPSA) is 170 Å². The van der Waals surface area contributed by atoms with Gasteiger partial charge in [0.1, 0.15) is 17.7 Å². The predicted octanol–water partition coefficient (Wildman–Crippen LogP) is 5.15. The van der Waals surface area contributed by atoms with E-state index in [1.54, 1.807) is 0 Å². The van der Waals surface area contributed by atoms with E-state index < -0.39 is 41.6 Å². The van der Waals surface area contributed by atoms with E-state index in [0.29, 0.717) is 35.1 Å². The van der Waals surface area contributed by atoms with Crippen LogP contribution in [0.3, 0.4) is 0 Å². The number of nitrogen functional groups attached to an aromatic ring is 1. The van der Waals surface area contributed by atoms with Gasteiger partial charge in [0, 0.05) is 48.3 Å². The maximum absolute atomic E-state index is 14.0. The van der Waals surface area contributed by atoms with E-state index in [4.69, 9.17) is 22.2 Å². The number of amidine groups is 1. The van der Waals surface area contributed by atoms with E-state index >= 15 is 0 Å². The minimum absolute atomic E-state index is 0.00798. The second-order valence-electron chi connectivity index (χ2n) is 10.2. The van der Waals surface area contributed by atoms with Gasteiger partial charge in [-0.15, -0.1) is 0 Å². The van der Waals surface area contributed by atoms with E-state index in [2.05, 4.69) is 21.9 Å². The molecule has 5 N–H and O–H groups in total. The Kier molecular flexibility index (Phi) is 10.5. The van der Waals surface area contributed by atoms with Crippen molar-refractivity contribution in [2.24, 2.45) is 4.99 Å². The number of aromatic carboxylic acids is 1. The Morgan fingerprint density at radius 3 is 2.58 bits per heavy atom. The summed E-state index contributed by atoms with van der Waals surface area (Å²) in [5, 5.41) is 22.2. The summed E-state index contributed by atoms with van der Waals surface area (Å²) >= 11 is 6.22. The Bertz CT molecular complexity index is 1680. The van der Waals surface area contributed by atoms with Crippen molar-refractivity contribution in [3.8, 4) is 11.8 Å². The first-order valence-corrected chi connectivity index (χ1v) is 14.3. The Balaban J connectivity index is 1.71. The van der Waals surface area contributed by atoms with Crippen LogP contribution < -0.4 is 21.4 Å². The smallest absolute Gasteiger partial charge is 0.337 e. The molecule has 1 unspecified atom stereocenters. The number of rotatable bonds is 9. The lowest BCUT2D eigenvalue weighted by Crippen LogP contribution is -2.56. The number of nitrogens with two attached hydrogens (primary N) is 1. The van der Waals surface area contributed by atoms with Crippen LogP contribution in [-0.2, 0) is 11.2 Å². The van der Waals surface area contributed by atoms with Gasteiger partial charge < -0.3 is 21.0 Å². The molecule has 3 aromatic carbocycles. The molecule has 2 atom stereocenters. The van der Waals surface area contributed by atoms with Gasteiger partial charge in [-0.3, -0.25) is 14.7 Å². The lowest BCUT2D eigenvalue weighted by Gasteiger charge is -2.32. The molecule has 0 aliphatic carbocycles. The number of amides is 3. The second kappa shape index (κ2) is 14.5. The number of nitrogens with zero attached hydrogens (tertiary/aromatic N) is 3. The molecule has 0 spiro atoms. The highest BCUT2D eigenvalue weighted by Crippen LogP contribution is 2.26. The molecule has 11 nitrogen and oxygen atoms in total. The minimum atomic E-state index is -1.20. The van der Waals surface area contributed by atoms with E-state index in [9.17, 15) is 33.5 Å². The van der Waals surface area contributed by atoms with Crippen molar-refractivity contribution >= 4 is 41.0 Å². The molecule has 1 heterocycles. The minimum Gasteiger partial charge on any atom is -0.478 e. The largest absolute Gasteiger partial charge is 0.478 e. The third-order valence-corrected chi connectivity index (χ3v) is 7.25. The Hall–Kier alpha value is -5.22. The monoisotopic (exact) mass is 638 g/mol. The highest BCUT2D eigenvalue weighted by atomic mass is 35.5. The van der Waals surface area contributed by atoms with Crippen LogP contribution in [0.4, 0.5) is 19.3 Å². The number of aliphatic imine (C=N–C) groups is 1. The molecule has 234 valence electrons. The molecular formula is C31H29ClF2N6O5. The maximum Gasteiger partial charge on any atom is 0.337 e. The molecule has 0 bridgehead atoms. The highest BCUT2D eigenvalue weighted by Gasteiger charge is 2.37. The Morgan fingerprint density at radius 1 is 1.20 bits per heavy atom. The molecule has 3 amide bonds. The highest BCUT2D eigenvalue weighted by molar-refractivity contribution is 6.30. The fourth-order valence-corrected chi connectivity index (χ4v) is 5.10. The Labute approximate surface area is 262 Å².